The van der Waals surface area contributed by atoms with Crippen LogP contribution in [0.3, 0.4) is 0 Å². The van der Waals surface area contributed by atoms with Crippen LogP contribution in [0.25, 0.3) is 6.08 Å². The molecule has 0 unspecified atom stereocenters. The van der Waals surface area contributed by atoms with Gasteiger partial charge in [-0.15, -0.1) is 0 Å². The average Bonchev–Trinajstić information content (AvgIpc) is 2.60. The number of nitrogens with zero attached hydrogens (tertiary/aromatic N) is 1. The zero-order chi connectivity index (χ0) is 17.4. The van der Waals surface area contributed by atoms with Gasteiger partial charge in [0.1, 0.15) is 17.4 Å². The van der Waals surface area contributed by atoms with E-state index in [1.807, 2.05) is 30.3 Å². The number of carbonyl (C=O) groups is 1. The lowest BCUT2D eigenvalue weighted by Gasteiger charge is -2.29. The first-order valence-corrected chi connectivity index (χ1v) is 8.79. The van der Waals surface area contributed by atoms with Crippen LogP contribution >= 0.6 is 0 Å². The summed E-state index contributed by atoms with van der Waals surface area (Å²) in [6, 6.07) is 9.63. The molecule has 1 aromatic rings. The molecule has 4 heteroatoms. The van der Waals surface area contributed by atoms with Crippen molar-refractivity contribution in [2.75, 3.05) is 6.61 Å². The monoisotopic (exact) mass is 326 g/mol. The molecule has 1 aliphatic rings. The molecule has 0 saturated heterocycles. The Morgan fingerprint density at radius 3 is 2.67 bits per heavy atom. The molecule has 1 saturated carbocycles. The summed E-state index contributed by atoms with van der Waals surface area (Å²) in [6.07, 6.45) is 7.08. The van der Waals surface area contributed by atoms with E-state index in [4.69, 9.17) is 4.74 Å². The van der Waals surface area contributed by atoms with Crippen molar-refractivity contribution in [2.45, 2.75) is 52.0 Å². The summed E-state index contributed by atoms with van der Waals surface area (Å²) in [4.78, 5) is 12.4. The van der Waals surface area contributed by atoms with E-state index in [1.165, 1.54) is 6.42 Å². The van der Waals surface area contributed by atoms with E-state index in [9.17, 15) is 10.1 Å². The molecule has 0 aromatic heterocycles. The Bertz CT molecular complexity index is 614. The first-order chi connectivity index (χ1) is 11.6. The Morgan fingerprint density at radius 1 is 1.33 bits per heavy atom. The van der Waals surface area contributed by atoms with Gasteiger partial charge in [0.25, 0.3) is 5.91 Å². The van der Waals surface area contributed by atoms with E-state index in [0.29, 0.717) is 12.5 Å². The second kappa shape index (κ2) is 9.12. The van der Waals surface area contributed by atoms with Crippen molar-refractivity contribution in [1.29, 1.82) is 5.26 Å². The van der Waals surface area contributed by atoms with Crippen LogP contribution in [0, 0.1) is 17.2 Å². The van der Waals surface area contributed by atoms with Crippen molar-refractivity contribution in [3.63, 3.8) is 0 Å². The Morgan fingerprint density at radius 2 is 2.04 bits per heavy atom. The molecule has 24 heavy (non-hydrogen) atoms. The summed E-state index contributed by atoms with van der Waals surface area (Å²) in [6.45, 7) is 4.90. The van der Waals surface area contributed by atoms with Crippen molar-refractivity contribution >= 4 is 12.0 Å². The molecular formula is C20H26N2O2. The van der Waals surface area contributed by atoms with E-state index < -0.39 is 0 Å². The molecule has 1 N–H and O–H groups in total. The predicted molar refractivity (Wildman–Crippen MR) is 95.4 cm³/mol. The third-order valence-electron chi connectivity index (χ3n) is 4.46. The average molecular weight is 326 g/mol. The molecule has 1 aliphatic carbocycles. The van der Waals surface area contributed by atoms with Gasteiger partial charge in [0.15, 0.2) is 0 Å². The molecule has 1 aromatic carbocycles. The maximum atomic E-state index is 12.4. The van der Waals surface area contributed by atoms with E-state index in [2.05, 4.69) is 19.2 Å². The minimum Gasteiger partial charge on any atom is -0.494 e. The highest BCUT2D eigenvalue weighted by Crippen LogP contribution is 2.24. The van der Waals surface area contributed by atoms with Crippen LogP contribution in [0.2, 0.25) is 0 Å². The van der Waals surface area contributed by atoms with Crippen LogP contribution < -0.4 is 10.1 Å². The molecular weight excluding hydrogens is 300 g/mol. The molecule has 1 fully saturated rings. The molecule has 0 spiro atoms. The fourth-order valence-corrected chi connectivity index (χ4v) is 2.97. The number of rotatable bonds is 6. The first kappa shape index (κ1) is 18.1. The highest BCUT2D eigenvalue weighted by molar-refractivity contribution is 6.01. The zero-order valence-corrected chi connectivity index (χ0v) is 14.5. The largest absolute Gasteiger partial charge is 0.494 e. The van der Waals surface area contributed by atoms with Gasteiger partial charge < -0.3 is 10.1 Å². The summed E-state index contributed by atoms with van der Waals surface area (Å²) < 4.78 is 5.54. The predicted octanol–water partition coefficient (Wildman–Crippen LogP) is 4.08. The van der Waals surface area contributed by atoms with Crippen LogP contribution in [0.15, 0.2) is 29.8 Å². The Labute approximate surface area is 144 Å². The quantitative estimate of drug-likeness (QED) is 0.633. The third kappa shape index (κ3) is 5.13. The van der Waals surface area contributed by atoms with Crippen LogP contribution in [0.1, 0.15) is 51.5 Å². The molecule has 0 heterocycles. The van der Waals surface area contributed by atoms with Crippen molar-refractivity contribution in [3.8, 4) is 11.8 Å². The van der Waals surface area contributed by atoms with Crippen LogP contribution in [0.5, 0.6) is 5.75 Å². The third-order valence-corrected chi connectivity index (χ3v) is 4.46. The fraction of sp³-hybridized carbons (Fsp3) is 0.500. The number of nitrogens with one attached hydrogen (secondary N) is 1. The van der Waals surface area contributed by atoms with Gasteiger partial charge in [0, 0.05) is 6.04 Å². The van der Waals surface area contributed by atoms with E-state index >= 15 is 0 Å². The number of benzene rings is 1. The minimum atomic E-state index is -0.275. The number of hydrogen-bond donors (Lipinski definition) is 1. The first-order valence-electron chi connectivity index (χ1n) is 8.79. The SMILES string of the molecule is CCCOc1ccc(/C=C(\C#N)C(=O)N[C@@H]2CCCC[C@@H]2C)cc1. The number of hydrogen-bond acceptors (Lipinski definition) is 3. The normalized spacial score (nSPS) is 21.0. The highest BCUT2D eigenvalue weighted by atomic mass is 16.5. The molecule has 0 radical (unpaired) electrons. The molecule has 2 rings (SSSR count). The number of carbonyl (C=O) groups excluding carboxylic acids is 1. The van der Waals surface area contributed by atoms with Crippen LogP contribution in [-0.4, -0.2) is 18.6 Å². The van der Waals surface area contributed by atoms with E-state index in [-0.39, 0.29) is 17.5 Å². The summed E-state index contributed by atoms with van der Waals surface area (Å²) in [7, 11) is 0. The molecule has 0 bridgehead atoms. The molecule has 2 atom stereocenters. The van der Waals surface area contributed by atoms with Crippen molar-refractivity contribution in [2.24, 2.45) is 5.92 Å². The lowest BCUT2D eigenvalue weighted by atomic mass is 9.86. The Kier molecular flexibility index (Phi) is 6.87. The Balaban J connectivity index is 2.02. The van der Waals surface area contributed by atoms with Gasteiger partial charge in [0.05, 0.1) is 6.61 Å². The van der Waals surface area contributed by atoms with Gasteiger partial charge in [-0.25, -0.2) is 0 Å². The zero-order valence-electron chi connectivity index (χ0n) is 14.5. The molecule has 128 valence electrons. The second-order valence-corrected chi connectivity index (χ2v) is 6.43. The minimum absolute atomic E-state index is 0.148. The smallest absolute Gasteiger partial charge is 0.262 e. The second-order valence-electron chi connectivity index (χ2n) is 6.43. The molecule has 0 aliphatic heterocycles. The van der Waals surface area contributed by atoms with Crippen LogP contribution in [-0.2, 0) is 4.79 Å². The molecule has 4 nitrogen and oxygen atoms in total. The van der Waals surface area contributed by atoms with E-state index in [0.717, 1.165) is 37.0 Å². The molecule has 1 amide bonds. The van der Waals surface area contributed by atoms with Gasteiger partial charge in [-0.1, -0.05) is 38.8 Å². The topological polar surface area (TPSA) is 62.1 Å². The number of ether oxygens (including phenoxy) is 1. The van der Waals surface area contributed by atoms with Gasteiger partial charge in [-0.3, -0.25) is 4.79 Å². The number of nitriles is 1. The van der Waals surface area contributed by atoms with Gasteiger partial charge >= 0.3 is 0 Å². The van der Waals surface area contributed by atoms with Crippen molar-refractivity contribution < 1.29 is 9.53 Å². The lowest BCUT2D eigenvalue weighted by molar-refractivity contribution is -0.118. The summed E-state index contributed by atoms with van der Waals surface area (Å²) >= 11 is 0. The highest BCUT2D eigenvalue weighted by Gasteiger charge is 2.23. The Hall–Kier alpha value is -2.28. The summed E-state index contributed by atoms with van der Waals surface area (Å²) in [5.41, 5.74) is 0.970. The number of amides is 1. The van der Waals surface area contributed by atoms with Crippen molar-refractivity contribution in [3.05, 3.63) is 35.4 Å². The van der Waals surface area contributed by atoms with Gasteiger partial charge in [0.2, 0.25) is 0 Å². The fourth-order valence-electron chi connectivity index (χ4n) is 2.97. The van der Waals surface area contributed by atoms with Gasteiger partial charge in [-0.05, 0) is 49.0 Å². The van der Waals surface area contributed by atoms with E-state index in [1.54, 1.807) is 6.08 Å². The summed E-state index contributed by atoms with van der Waals surface area (Å²) in [5, 5.41) is 12.3. The maximum absolute atomic E-state index is 12.4. The van der Waals surface area contributed by atoms with Gasteiger partial charge in [-0.2, -0.15) is 5.26 Å². The standard InChI is InChI=1S/C20H26N2O2/c1-3-12-24-18-10-8-16(9-11-18)13-17(14-21)20(23)22-19-7-5-4-6-15(19)2/h8-11,13,15,19H,3-7,12H2,1-2H3,(H,22,23)/b17-13+/t15-,19+/m0/s1. The van der Waals surface area contributed by atoms with Crippen LogP contribution in [0.4, 0.5) is 0 Å². The lowest BCUT2D eigenvalue weighted by Crippen LogP contribution is -2.41. The summed E-state index contributed by atoms with van der Waals surface area (Å²) in [5.74, 6) is 0.994. The van der Waals surface area contributed by atoms with Crippen molar-refractivity contribution in [1.82, 2.24) is 5.32 Å². The maximum Gasteiger partial charge on any atom is 0.262 e.